The minimum Gasteiger partial charge on any atom is -0.543 e. The summed E-state index contributed by atoms with van der Waals surface area (Å²) in [6, 6.07) is 6.73. The number of sulfonamides is 1. The van der Waals surface area contributed by atoms with Crippen LogP contribution < -0.4 is 66.5 Å². The predicted molar refractivity (Wildman–Crippen MR) is 207 cm³/mol. The number of phenols is 1. The first kappa shape index (κ1) is 45.8. The van der Waals surface area contributed by atoms with Gasteiger partial charge in [-0.15, -0.1) is 16.6 Å². The zero-order valence-electron chi connectivity index (χ0n) is 31.2. The van der Waals surface area contributed by atoms with Crippen LogP contribution in [0.25, 0.3) is 0 Å². The second kappa shape index (κ2) is 19.0. The Balaban J connectivity index is 0.00000683. The van der Waals surface area contributed by atoms with Crippen LogP contribution in [0.5, 0.6) is 11.6 Å². The number of sulfone groups is 1. The molecule has 3 atom stereocenters. The number of β-lactam (4-membered cyclic amide) rings is 1. The number of nitrogens with two attached hydrogens (primary N) is 1. The molecule has 4 amide bonds. The van der Waals surface area contributed by atoms with Gasteiger partial charge in [0.2, 0.25) is 32.9 Å². The fourth-order valence-corrected chi connectivity index (χ4v) is 8.82. The Morgan fingerprint density at radius 2 is 1.78 bits per heavy atom. The molecule has 1 fully saturated rings. The van der Waals surface area contributed by atoms with Crippen molar-refractivity contribution < 1.29 is 80.9 Å². The van der Waals surface area contributed by atoms with Crippen molar-refractivity contribution >= 4 is 84.5 Å². The summed E-state index contributed by atoms with van der Waals surface area (Å²) >= 11 is 2.19. The van der Waals surface area contributed by atoms with Gasteiger partial charge in [0, 0.05) is 30.0 Å². The average Bonchev–Trinajstić information content (AvgIpc) is 3.62. The van der Waals surface area contributed by atoms with Crippen LogP contribution in [0, 0.1) is 0 Å². The second-order valence-corrected chi connectivity index (χ2v) is 18.5. The number of tetrazole rings is 1. The van der Waals surface area contributed by atoms with Crippen LogP contribution in [0.15, 0.2) is 76.0 Å². The van der Waals surface area contributed by atoms with Crippen molar-refractivity contribution in [3.63, 3.8) is 0 Å². The van der Waals surface area contributed by atoms with Gasteiger partial charge in [0.25, 0.3) is 5.91 Å². The molecule has 0 radical (unpaired) electrons. The monoisotopic (exact) mass is 913 g/mol. The molecule has 0 spiro atoms. The SMILES string of the molecule is CS(=O)(=O)CCNn1nnnc1SCC1=C(C(=O)[O-])N2C(=O)C(NC(=O)C(NC(=O)Nc3cnc(Nc4ccc(S(N)(=O)=O)cc4)nc3O)c3ccc(O)cc3)[C@@H]2SC1.[Na+]. The number of fused-ring (bicyclic) bond motifs is 1. The van der Waals surface area contributed by atoms with Gasteiger partial charge in [0.1, 0.15) is 38.7 Å². The van der Waals surface area contributed by atoms with Crippen LogP contribution >= 0.6 is 23.5 Å². The zero-order chi connectivity index (χ0) is 42.6. The fourth-order valence-electron chi connectivity index (χ4n) is 5.51. The largest absolute Gasteiger partial charge is 1.00 e. The summed E-state index contributed by atoms with van der Waals surface area (Å²) in [5, 5.41) is 58.4. The van der Waals surface area contributed by atoms with Crippen LogP contribution in [0.1, 0.15) is 11.6 Å². The number of primary sulfonamides is 1. The van der Waals surface area contributed by atoms with Crippen molar-refractivity contribution in [2.45, 2.75) is 27.5 Å². The smallest absolute Gasteiger partial charge is 0.543 e. The van der Waals surface area contributed by atoms with Gasteiger partial charge in [-0.25, -0.2) is 31.8 Å². The van der Waals surface area contributed by atoms with Gasteiger partial charge in [0.15, 0.2) is 0 Å². The van der Waals surface area contributed by atoms with Gasteiger partial charge in [0.05, 0.1) is 28.5 Å². The van der Waals surface area contributed by atoms with E-state index in [1.807, 2.05) is 0 Å². The molecule has 1 saturated heterocycles. The number of carbonyl (C=O) groups excluding carboxylic acids is 4. The van der Waals surface area contributed by atoms with E-state index in [4.69, 9.17) is 5.14 Å². The number of aromatic nitrogens is 6. The number of nitrogens with one attached hydrogen (secondary N) is 5. The van der Waals surface area contributed by atoms with E-state index in [2.05, 4.69) is 52.2 Å². The first-order valence-corrected chi connectivity index (χ1v) is 22.4. The number of nitrogens with zero attached hydrogens (tertiary/aromatic N) is 7. The Bertz CT molecular complexity index is 2550. The van der Waals surface area contributed by atoms with Crippen molar-refractivity contribution in [3.8, 4) is 11.6 Å². The summed E-state index contributed by atoms with van der Waals surface area (Å²) in [4.78, 5) is 62.6. The number of anilines is 3. The van der Waals surface area contributed by atoms with Crippen molar-refractivity contribution in [1.82, 2.24) is 45.8 Å². The molecule has 24 nitrogen and oxygen atoms in total. The summed E-state index contributed by atoms with van der Waals surface area (Å²) in [6.07, 6.45) is 2.12. The molecule has 2 aliphatic heterocycles. The molecule has 2 aromatic carbocycles. The number of hydrogen-bond acceptors (Lipinski definition) is 20. The summed E-state index contributed by atoms with van der Waals surface area (Å²) in [7, 11) is -7.19. The number of aromatic hydroxyl groups is 2. The molecule has 2 aliphatic rings. The van der Waals surface area contributed by atoms with Gasteiger partial charge < -0.3 is 46.8 Å². The molecule has 2 unspecified atom stereocenters. The van der Waals surface area contributed by atoms with Crippen molar-refractivity contribution in [2.75, 3.05) is 46.1 Å². The molecule has 60 heavy (non-hydrogen) atoms. The topological polar surface area (TPSA) is 359 Å². The van der Waals surface area contributed by atoms with Crippen LogP contribution in [-0.2, 0) is 34.2 Å². The fraction of sp³-hybridized carbons (Fsp3) is 0.258. The van der Waals surface area contributed by atoms with E-state index in [-0.39, 0.29) is 86.4 Å². The quantitative estimate of drug-likeness (QED) is 0.0296. The van der Waals surface area contributed by atoms with Crippen LogP contribution in [-0.4, -0.2) is 128 Å². The third kappa shape index (κ3) is 11.1. The van der Waals surface area contributed by atoms with Gasteiger partial charge >= 0.3 is 35.6 Å². The summed E-state index contributed by atoms with van der Waals surface area (Å²) in [5.74, 6) is -4.32. The van der Waals surface area contributed by atoms with E-state index in [1.54, 1.807) is 0 Å². The van der Waals surface area contributed by atoms with E-state index in [0.717, 1.165) is 45.7 Å². The molecule has 9 N–H and O–H groups in total. The third-order valence-electron chi connectivity index (χ3n) is 8.31. The normalized spacial score (nSPS) is 16.7. The predicted octanol–water partition coefficient (Wildman–Crippen LogP) is -5.08. The van der Waals surface area contributed by atoms with Gasteiger partial charge in [-0.05, 0) is 58.0 Å². The number of phenolic OH excluding ortho intramolecular Hbond substituents is 1. The minimum absolute atomic E-state index is 0. The molecule has 0 bridgehead atoms. The minimum atomic E-state index is -3.92. The van der Waals surface area contributed by atoms with E-state index in [0.29, 0.717) is 11.3 Å². The maximum atomic E-state index is 13.8. The van der Waals surface area contributed by atoms with E-state index < -0.39 is 72.7 Å². The number of carbonyl (C=O) groups is 4. The number of rotatable bonds is 16. The maximum Gasteiger partial charge on any atom is 1.00 e. The zero-order valence-corrected chi connectivity index (χ0v) is 36.4. The molecule has 312 valence electrons. The number of carboxylic acid groups (broad SMARTS) is 1. The molecular formula is C31H32N13NaO11S4. The van der Waals surface area contributed by atoms with E-state index in [9.17, 15) is 51.3 Å². The Morgan fingerprint density at radius 3 is 2.42 bits per heavy atom. The van der Waals surface area contributed by atoms with Gasteiger partial charge in [-0.1, -0.05) is 29.0 Å². The maximum absolute atomic E-state index is 13.8. The Kier molecular flexibility index (Phi) is 14.5. The third-order valence-corrected chi connectivity index (χ3v) is 12.5. The van der Waals surface area contributed by atoms with Gasteiger partial charge in [-0.2, -0.15) is 4.98 Å². The number of benzene rings is 2. The van der Waals surface area contributed by atoms with Crippen molar-refractivity contribution in [2.24, 2.45) is 5.14 Å². The Hall–Kier alpha value is -5.23. The molecule has 6 rings (SSSR count). The first-order valence-electron chi connectivity index (χ1n) is 16.7. The summed E-state index contributed by atoms with van der Waals surface area (Å²) in [6.45, 7) is 0.00289. The number of aliphatic carboxylic acids is 1. The van der Waals surface area contributed by atoms with Crippen LogP contribution in [0.2, 0.25) is 0 Å². The number of urea groups is 1. The molecule has 4 heterocycles. The molecular weight excluding hydrogens is 882 g/mol. The molecule has 2 aromatic heterocycles. The number of thioether (sulfide) groups is 2. The van der Waals surface area contributed by atoms with Crippen molar-refractivity contribution in [1.29, 1.82) is 0 Å². The molecule has 0 aliphatic carbocycles. The Labute approximate surface area is 370 Å². The average molecular weight is 914 g/mol. The molecule has 4 aromatic rings. The summed E-state index contributed by atoms with van der Waals surface area (Å²) < 4.78 is 45.9. The number of carboxylic acids is 1. The second-order valence-electron chi connectivity index (χ2n) is 12.6. The van der Waals surface area contributed by atoms with E-state index in [1.165, 1.54) is 48.5 Å². The molecule has 0 saturated carbocycles. The summed E-state index contributed by atoms with van der Waals surface area (Å²) in [5.41, 5.74) is 2.89. The number of hydrogen-bond donors (Lipinski definition) is 8. The molecule has 29 heteroatoms. The first-order chi connectivity index (χ1) is 27.9. The van der Waals surface area contributed by atoms with Crippen LogP contribution in [0.4, 0.5) is 22.1 Å². The van der Waals surface area contributed by atoms with Crippen molar-refractivity contribution in [3.05, 3.63) is 71.6 Å². The van der Waals surface area contributed by atoms with Gasteiger partial charge in [-0.3, -0.25) is 14.5 Å². The standard InChI is InChI=1S/C31H33N13O11S4.Na/c1-58(52,53)11-10-34-44-31(40-41-42-44)57-14-16-13-56-27-22(26(48)43(27)23(16)28(49)50)37-25(47)21(15-2-6-18(45)7-3-15)38-30(51)36-20-12-33-29(39-24(20)46)35-17-4-8-19(9-5-17)59(32,54)55;/h2-9,12,21-22,27,34,45H,10-11,13-14H2,1H3,(H,37,47)(H,49,50)(H2,32,54,55)(H2,36,38,51)(H2,33,35,39,46);/q;+1/p-1/t21?,22?,27-;/m0./s1. The van der Waals surface area contributed by atoms with E-state index >= 15 is 0 Å². The Morgan fingerprint density at radius 1 is 1.08 bits per heavy atom. The number of amides is 4. The van der Waals surface area contributed by atoms with Crippen LogP contribution in [0.3, 0.4) is 0 Å².